The van der Waals surface area contributed by atoms with Crippen LogP contribution in [0.2, 0.25) is 5.02 Å². The van der Waals surface area contributed by atoms with Crippen molar-refractivity contribution in [2.24, 2.45) is 5.73 Å². The van der Waals surface area contributed by atoms with E-state index in [9.17, 15) is 9.59 Å². The molecule has 1 aromatic rings. The Morgan fingerprint density at radius 2 is 2.13 bits per heavy atom. The summed E-state index contributed by atoms with van der Waals surface area (Å²) >= 11 is 6.21. The van der Waals surface area contributed by atoms with E-state index < -0.39 is 17.6 Å². The van der Waals surface area contributed by atoms with Crippen molar-refractivity contribution >= 4 is 23.4 Å². The number of nitrogens with two attached hydrogens (primary N) is 1. The third kappa shape index (κ3) is 2.96. The number of ketones is 1. The van der Waals surface area contributed by atoms with Gasteiger partial charge in [0, 0.05) is 5.02 Å². The molecule has 0 heterocycles. The van der Waals surface area contributed by atoms with Gasteiger partial charge in [0.2, 0.25) is 0 Å². The predicted octanol–water partition coefficient (Wildman–Crippen LogP) is 3.05. The lowest BCUT2D eigenvalue weighted by Crippen LogP contribution is -2.53. The molecule has 0 saturated heterocycles. The second kappa shape index (κ2) is 6.30. The van der Waals surface area contributed by atoms with Crippen LogP contribution in [0.25, 0.3) is 0 Å². The van der Waals surface area contributed by atoms with Gasteiger partial charge in [-0.3, -0.25) is 4.79 Å². The van der Waals surface area contributed by atoms with Crippen LogP contribution in [0.1, 0.15) is 31.2 Å². The van der Waals surface area contributed by atoms with Gasteiger partial charge >= 0.3 is 5.97 Å². The Kier molecular flexibility index (Phi) is 4.37. The standard InChI is InChI=1S/C18H18ClNO3/c19-14-9-4-3-8-13(14)18(20)11-5-10-15(16(18)21)23-17(22)12-6-1-2-7-12/h1,3-4,6-9,15H,2,5,10-11,20H2. The van der Waals surface area contributed by atoms with Crippen LogP contribution in [0, 0.1) is 0 Å². The van der Waals surface area contributed by atoms with Crippen molar-refractivity contribution in [3.05, 3.63) is 58.7 Å². The first-order chi connectivity index (χ1) is 11.0. The van der Waals surface area contributed by atoms with Crippen molar-refractivity contribution < 1.29 is 14.3 Å². The Morgan fingerprint density at radius 1 is 1.35 bits per heavy atom. The number of halogens is 1. The smallest absolute Gasteiger partial charge is 0.338 e. The van der Waals surface area contributed by atoms with Gasteiger partial charge in [-0.25, -0.2) is 4.79 Å². The van der Waals surface area contributed by atoms with Gasteiger partial charge in [0.15, 0.2) is 11.9 Å². The lowest BCUT2D eigenvalue weighted by atomic mass is 9.75. The molecule has 23 heavy (non-hydrogen) atoms. The fourth-order valence-corrected chi connectivity index (χ4v) is 3.42. The molecule has 1 fully saturated rings. The number of esters is 1. The molecule has 1 aromatic carbocycles. The SMILES string of the molecule is NC1(c2ccccc2Cl)CCCC(OC(=O)C2=CCC=C2)C1=O. The van der Waals surface area contributed by atoms with E-state index >= 15 is 0 Å². The maximum atomic E-state index is 12.9. The van der Waals surface area contributed by atoms with Crippen LogP contribution in [0.5, 0.6) is 0 Å². The van der Waals surface area contributed by atoms with E-state index in [0.29, 0.717) is 41.8 Å². The second-order valence-electron chi connectivity index (χ2n) is 5.90. The van der Waals surface area contributed by atoms with Crippen LogP contribution in [0.3, 0.4) is 0 Å². The summed E-state index contributed by atoms with van der Waals surface area (Å²) in [7, 11) is 0. The minimum atomic E-state index is -1.21. The highest BCUT2D eigenvalue weighted by molar-refractivity contribution is 6.31. The van der Waals surface area contributed by atoms with Gasteiger partial charge in [0.05, 0.1) is 5.57 Å². The maximum Gasteiger partial charge on any atom is 0.338 e. The zero-order valence-electron chi connectivity index (χ0n) is 12.6. The number of rotatable bonds is 3. The van der Waals surface area contributed by atoms with Gasteiger partial charge in [0.25, 0.3) is 0 Å². The zero-order chi connectivity index (χ0) is 16.4. The molecule has 5 heteroatoms. The summed E-state index contributed by atoms with van der Waals surface area (Å²) in [5, 5.41) is 0.455. The van der Waals surface area contributed by atoms with Crippen LogP contribution >= 0.6 is 11.6 Å². The third-order valence-electron chi connectivity index (χ3n) is 4.38. The van der Waals surface area contributed by atoms with Crippen molar-refractivity contribution in [1.29, 1.82) is 0 Å². The van der Waals surface area contributed by atoms with E-state index in [1.165, 1.54) is 0 Å². The molecule has 0 spiro atoms. The summed E-state index contributed by atoms with van der Waals surface area (Å²) in [5.74, 6) is -0.756. The molecular formula is C18H18ClNO3. The average molecular weight is 332 g/mol. The van der Waals surface area contributed by atoms with Crippen LogP contribution in [0.15, 0.2) is 48.1 Å². The van der Waals surface area contributed by atoms with Crippen LogP contribution in [0.4, 0.5) is 0 Å². The van der Waals surface area contributed by atoms with E-state index in [1.54, 1.807) is 36.4 Å². The summed E-state index contributed by atoms with van der Waals surface area (Å²) < 4.78 is 5.41. The van der Waals surface area contributed by atoms with E-state index in [4.69, 9.17) is 22.1 Å². The third-order valence-corrected chi connectivity index (χ3v) is 4.71. The van der Waals surface area contributed by atoms with Gasteiger partial charge in [-0.2, -0.15) is 0 Å². The molecule has 120 valence electrons. The average Bonchev–Trinajstić information content (AvgIpc) is 3.07. The largest absolute Gasteiger partial charge is 0.451 e. The summed E-state index contributed by atoms with van der Waals surface area (Å²) in [5.41, 5.74) is 6.26. The monoisotopic (exact) mass is 331 g/mol. The highest BCUT2D eigenvalue weighted by atomic mass is 35.5. The van der Waals surface area contributed by atoms with Crippen LogP contribution in [-0.4, -0.2) is 17.9 Å². The number of hydrogen-bond acceptors (Lipinski definition) is 4. The Labute approximate surface area is 139 Å². The van der Waals surface area contributed by atoms with Gasteiger partial charge in [0.1, 0.15) is 5.54 Å². The molecule has 2 aliphatic rings. The molecule has 0 bridgehead atoms. The van der Waals surface area contributed by atoms with Gasteiger partial charge in [-0.05, 0) is 37.3 Å². The van der Waals surface area contributed by atoms with Gasteiger partial charge in [-0.15, -0.1) is 0 Å². The number of carbonyl (C=O) groups is 2. The number of allylic oxidation sites excluding steroid dienone is 2. The van der Waals surface area contributed by atoms with Crippen molar-refractivity contribution in [2.75, 3.05) is 0 Å². The summed E-state index contributed by atoms with van der Waals surface area (Å²) in [6, 6.07) is 7.06. The Hall–Kier alpha value is -1.91. The maximum absolute atomic E-state index is 12.9. The van der Waals surface area contributed by atoms with Crippen molar-refractivity contribution in [1.82, 2.24) is 0 Å². The molecule has 2 aliphatic carbocycles. The van der Waals surface area contributed by atoms with Crippen molar-refractivity contribution in [2.45, 2.75) is 37.3 Å². The predicted molar refractivity (Wildman–Crippen MR) is 87.9 cm³/mol. The topological polar surface area (TPSA) is 69.4 Å². The van der Waals surface area contributed by atoms with Crippen LogP contribution < -0.4 is 5.73 Å². The van der Waals surface area contributed by atoms with Gasteiger partial charge in [-0.1, -0.05) is 48.0 Å². The van der Waals surface area contributed by atoms with Crippen molar-refractivity contribution in [3.63, 3.8) is 0 Å². The molecule has 0 amide bonds. The van der Waals surface area contributed by atoms with E-state index in [2.05, 4.69) is 0 Å². The van der Waals surface area contributed by atoms with Crippen molar-refractivity contribution in [3.8, 4) is 0 Å². The first kappa shape index (κ1) is 16.0. The first-order valence-electron chi connectivity index (χ1n) is 7.68. The molecule has 0 aliphatic heterocycles. The molecule has 2 N–H and O–H groups in total. The van der Waals surface area contributed by atoms with Crippen LogP contribution in [-0.2, 0) is 19.9 Å². The van der Waals surface area contributed by atoms with Gasteiger partial charge < -0.3 is 10.5 Å². The molecule has 2 atom stereocenters. The first-order valence-corrected chi connectivity index (χ1v) is 8.06. The highest BCUT2D eigenvalue weighted by Gasteiger charge is 2.45. The molecule has 4 nitrogen and oxygen atoms in total. The fourth-order valence-electron chi connectivity index (χ4n) is 3.12. The lowest BCUT2D eigenvalue weighted by Gasteiger charge is -2.36. The number of Topliss-reactive ketones (excluding diaryl/α,β-unsaturated/α-hetero) is 1. The minimum absolute atomic E-state index is 0.284. The van der Waals surface area contributed by atoms with E-state index in [1.807, 2.05) is 6.08 Å². The number of hydrogen-bond donors (Lipinski definition) is 1. The molecule has 0 radical (unpaired) electrons. The number of carbonyl (C=O) groups excluding carboxylic acids is 2. The molecule has 2 unspecified atom stereocenters. The molecule has 3 rings (SSSR count). The minimum Gasteiger partial charge on any atom is -0.451 e. The fraction of sp³-hybridized carbons (Fsp3) is 0.333. The summed E-state index contributed by atoms with van der Waals surface area (Å²) in [6.45, 7) is 0. The highest BCUT2D eigenvalue weighted by Crippen LogP contribution is 2.37. The number of ether oxygens (including phenoxy) is 1. The zero-order valence-corrected chi connectivity index (χ0v) is 13.4. The number of benzene rings is 1. The quantitative estimate of drug-likeness (QED) is 0.864. The Morgan fingerprint density at radius 3 is 2.83 bits per heavy atom. The Balaban J connectivity index is 1.82. The Bertz CT molecular complexity index is 710. The summed E-state index contributed by atoms with van der Waals surface area (Å²) in [4.78, 5) is 25.0. The van der Waals surface area contributed by atoms with E-state index in [-0.39, 0.29) is 5.78 Å². The summed E-state index contributed by atoms with van der Waals surface area (Å²) in [6.07, 6.45) is 6.92. The van der Waals surface area contributed by atoms with E-state index in [0.717, 1.165) is 0 Å². The normalized spacial score (nSPS) is 27.0. The molecular weight excluding hydrogens is 314 g/mol. The molecule has 0 aromatic heterocycles. The molecule has 1 saturated carbocycles. The second-order valence-corrected chi connectivity index (χ2v) is 6.31. The lowest BCUT2D eigenvalue weighted by molar-refractivity contribution is -0.156.